The highest BCUT2D eigenvalue weighted by Crippen LogP contribution is 2.17. The average molecular weight is 509 g/mol. The molecule has 0 unspecified atom stereocenters. The van der Waals surface area contributed by atoms with Crippen LogP contribution in [0.4, 0.5) is 0 Å². The molecule has 2 amide bonds. The van der Waals surface area contributed by atoms with Crippen LogP contribution in [0.25, 0.3) is 6.08 Å². The third-order valence-electron chi connectivity index (χ3n) is 6.20. The Morgan fingerprint density at radius 1 is 1.03 bits per heavy atom. The van der Waals surface area contributed by atoms with Crippen LogP contribution in [0, 0.1) is 6.92 Å². The van der Waals surface area contributed by atoms with E-state index in [1.54, 1.807) is 23.4 Å². The van der Waals surface area contributed by atoms with E-state index in [1.807, 2.05) is 57.2 Å². The Morgan fingerprint density at radius 3 is 2.42 bits per heavy atom. The summed E-state index contributed by atoms with van der Waals surface area (Å²) in [7, 11) is 0. The molecule has 3 aromatic rings. The van der Waals surface area contributed by atoms with Gasteiger partial charge in [-0.2, -0.15) is 0 Å². The normalized spacial score (nSPS) is 11.2. The van der Waals surface area contributed by atoms with Crippen molar-refractivity contribution >= 4 is 17.9 Å². The number of benzene rings is 1. The number of carbonyl (C=O) groups is 2. The highest BCUT2D eigenvalue weighted by atomic mass is 16.2. The minimum absolute atomic E-state index is 0.102. The number of amides is 2. The highest BCUT2D eigenvalue weighted by molar-refractivity contribution is 5.94. The maximum Gasteiger partial charge on any atom is 0.253 e. The maximum atomic E-state index is 12.9. The molecule has 6 heteroatoms. The van der Waals surface area contributed by atoms with Crippen molar-refractivity contribution in [2.45, 2.75) is 53.6 Å². The summed E-state index contributed by atoms with van der Waals surface area (Å²) < 4.78 is 0. The molecule has 0 aliphatic rings. The summed E-state index contributed by atoms with van der Waals surface area (Å²) in [6, 6.07) is 12.0. The lowest BCUT2D eigenvalue weighted by molar-refractivity contribution is -0.124. The zero-order valence-corrected chi connectivity index (χ0v) is 22.7. The van der Waals surface area contributed by atoms with Gasteiger partial charge in [0.1, 0.15) is 0 Å². The van der Waals surface area contributed by atoms with E-state index in [9.17, 15) is 9.59 Å². The molecule has 3 rings (SSSR count). The number of pyridine rings is 2. The van der Waals surface area contributed by atoms with Crippen molar-refractivity contribution in [3.63, 3.8) is 0 Å². The van der Waals surface area contributed by atoms with E-state index in [1.165, 1.54) is 12.3 Å². The van der Waals surface area contributed by atoms with Crippen LogP contribution in [-0.2, 0) is 30.7 Å². The van der Waals surface area contributed by atoms with Crippen molar-refractivity contribution in [2.24, 2.45) is 0 Å². The molecule has 0 bridgehead atoms. The van der Waals surface area contributed by atoms with Crippen LogP contribution in [-0.4, -0.2) is 26.7 Å². The fraction of sp³-hybridized carbons (Fsp3) is 0.250. The van der Waals surface area contributed by atoms with E-state index in [4.69, 9.17) is 4.98 Å². The Bertz CT molecular complexity index is 1340. The molecule has 0 aliphatic carbocycles. The standard InChI is InChI=1S/C32H36N4O2/c1-6-10-27-18-28(23(5)35-30(27)8-3)21-34-32(38)29-17-26(19-33-20-29)16-24-12-14-25(15-13-24)22-36(9-4)31(37)11-7-2/h6-7,9-15,17-20H,4,8,16,21-22H2,1-3,5H3,(H,34,38)/b10-6-,11-7-. The summed E-state index contributed by atoms with van der Waals surface area (Å²) in [4.78, 5) is 35.6. The smallest absolute Gasteiger partial charge is 0.253 e. The summed E-state index contributed by atoms with van der Waals surface area (Å²) >= 11 is 0. The third kappa shape index (κ3) is 7.59. The molecule has 0 spiro atoms. The minimum Gasteiger partial charge on any atom is -0.348 e. The summed E-state index contributed by atoms with van der Waals surface area (Å²) in [6.07, 6.45) is 13.7. The molecule has 196 valence electrons. The van der Waals surface area contributed by atoms with Gasteiger partial charge in [0.15, 0.2) is 0 Å². The van der Waals surface area contributed by atoms with Crippen LogP contribution in [0.1, 0.15) is 70.3 Å². The SMILES string of the molecule is C=CN(Cc1ccc(Cc2cncc(C(=O)NCc3cc(/C=C\C)c(CC)nc3C)c2)cc1)C(=O)/C=C\C. The van der Waals surface area contributed by atoms with Crippen LogP contribution >= 0.6 is 0 Å². The first-order valence-electron chi connectivity index (χ1n) is 12.9. The molecule has 1 N–H and O–H groups in total. The fourth-order valence-electron chi connectivity index (χ4n) is 4.15. The van der Waals surface area contributed by atoms with Crippen LogP contribution in [0.15, 0.2) is 79.8 Å². The first kappa shape index (κ1) is 28.3. The Morgan fingerprint density at radius 2 is 1.76 bits per heavy atom. The number of aromatic nitrogens is 2. The van der Waals surface area contributed by atoms with Crippen LogP contribution < -0.4 is 5.32 Å². The Labute approximate surface area is 225 Å². The second-order valence-electron chi connectivity index (χ2n) is 9.03. The van der Waals surface area contributed by atoms with Gasteiger partial charge in [-0.1, -0.05) is 56.0 Å². The molecule has 2 heterocycles. The molecule has 0 saturated carbocycles. The average Bonchev–Trinajstić information content (AvgIpc) is 2.92. The van der Waals surface area contributed by atoms with Gasteiger partial charge in [0, 0.05) is 36.5 Å². The number of nitrogens with zero attached hydrogens (tertiary/aromatic N) is 3. The van der Waals surface area contributed by atoms with E-state index >= 15 is 0 Å². The molecule has 38 heavy (non-hydrogen) atoms. The van der Waals surface area contributed by atoms with E-state index in [2.05, 4.69) is 35.9 Å². The van der Waals surface area contributed by atoms with Gasteiger partial charge in [-0.05, 0) is 79.6 Å². The van der Waals surface area contributed by atoms with E-state index in [0.717, 1.165) is 45.6 Å². The summed E-state index contributed by atoms with van der Waals surface area (Å²) in [5, 5.41) is 3.02. The fourth-order valence-corrected chi connectivity index (χ4v) is 4.15. The van der Waals surface area contributed by atoms with Gasteiger partial charge in [0.25, 0.3) is 5.91 Å². The van der Waals surface area contributed by atoms with Crippen molar-refractivity contribution in [3.05, 3.63) is 125 Å². The van der Waals surface area contributed by atoms with Gasteiger partial charge in [0.2, 0.25) is 5.91 Å². The summed E-state index contributed by atoms with van der Waals surface area (Å²) in [5.74, 6) is -0.271. The van der Waals surface area contributed by atoms with Gasteiger partial charge in [0.05, 0.1) is 12.1 Å². The first-order chi connectivity index (χ1) is 18.4. The Hall–Kier alpha value is -4.32. The topological polar surface area (TPSA) is 75.2 Å². The molecule has 0 atom stereocenters. The lowest BCUT2D eigenvalue weighted by atomic mass is 10.0. The molecule has 6 nitrogen and oxygen atoms in total. The van der Waals surface area contributed by atoms with E-state index < -0.39 is 0 Å². The molecule has 1 aromatic carbocycles. The van der Waals surface area contributed by atoms with Crippen molar-refractivity contribution < 1.29 is 9.59 Å². The van der Waals surface area contributed by atoms with E-state index in [0.29, 0.717) is 25.1 Å². The van der Waals surface area contributed by atoms with Gasteiger partial charge < -0.3 is 10.2 Å². The number of aryl methyl sites for hydroxylation is 2. The zero-order valence-electron chi connectivity index (χ0n) is 22.7. The first-order valence-corrected chi connectivity index (χ1v) is 12.9. The predicted molar refractivity (Wildman–Crippen MR) is 153 cm³/mol. The Balaban J connectivity index is 1.65. The molecule has 2 aromatic heterocycles. The minimum atomic E-state index is -0.170. The van der Waals surface area contributed by atoms with Gasteiger partial charge >= 0.3 is 0 Å². The number of allylic oxidation sites excluding steroid dienone is 2. The molecule has 0 radical (unpaired) electrons. The third-order valence-corrected chi connectivity index (χ3v) is 6.20. The maximum absolute atomic E-state index is 12.9. The second-order valence-corrected chi connectivity index (χ2v) is 9.03. The quantitative estimate of drug-likeness (QED) is 0.325. The molecule has 0 aliphatic heterocycles. The number of nitrogens with one attached hydrogen (secondary N) is 1. The lowest BCUT2D eigenvalue weighted by Crippen LogP contribution is -2.24. The highest BCUT2D eigenvalue weighted by Gasteiger charge is 2.11. The number of hydrogen-bond donors (Lipinski definition) is 1. The van der Waals surface area contributed by atoms with Crippen LogP contribution in [0.2, 0.25) is 0 Å². The molecule has 0 fully saturated rings. The van der Waals surface area contributed by atoms with Crippen LogP contribution in [0.5, 0.6) is 0 Å². The Kier molecular flexibility index (Phi) is 10.3. The number of hydrogen-bond acceptors (Lipinski definition) is 4. The van der Waals surface area contributed by atoms with Crippen molar-refractivity contribution in [2.75, 3.05) is 0 Å². The van der Waals surface area contributed by atoms with Crippen molar-refractivity contribution in [1.29, 1.82) is 0 Å². The summed E-state index contributed by atoms with van der Waals surface area (Å²) in [5.41, 5.74) is 7.62. The number of carbonyl (C=O) groups excluding carboxylic acids is 2. The summed E-state index contributed by atoms with van der Waals surface area (Å²) in [6.45, 7) is 12.5. The monoisotopic (exact) mass is 508 g/mol. The van der Waals surface area contributed by atoms with Gasteiger partial charge in [-0.3, -0.25) is 19.6 Å². The second kappa shape index (κ2) is 13.8. The largest absolute Gasteiger partial charge is 0.348 e. The molecular formula is C32H36N4O2. The number of rotatable bonds is 11. The van der Waals surface area contributed by atoms with E-state index in [-0.39, 0.29) is 11.8 Å². The van der Waals surface area contributed by atoms with Gasteiger partial charge in [-0.15, -0.1) is 0 Å². The predicted octanol–water partition coefficient (Wildman–Crippen LogP) is 5.95. The zero-order chi connectivity index (χ0) is 27.5. The molecular weight excluding hydrogens is 472 g/mol. The molecule has 0 saturated heterocycles. The van der Waals surface area contributed by atoms with Crippen molar-refractivity contribution in [3.8, 4) is 0 Å². The van der Waals surface area contributed by atoms with Gasteiger partial charge in [-0.25, -0.2) is 0 Å². The van der Waals surface area contributed by atoms with Crippen molar-refractivity contribution in [1.82, 2.24) is 20.2 Å². The lowest BCUT2D eigenvalue weighted by Gasteiger charge is -2.16. The van der Waals surface area contributed by atoms with Crippen LogP contribution in [0.3, 0.4) is 0 Å².